The minimum atomic E-state index is 0.162. The number of rotatable bonds is 6. The van der Waals surface area contributed by atoms with Crippen LogP contribution in [0.1, 0.15) is 35.4 Å². The molecule has 33 heavy (non-hydrogen) atoms. The summed E-state index contributed by atoms with van der Waals surface area (Å²) in [5, 5.41) is 11.9. The maximum absolute atomic E-state index is 13.3. The van der Waals surface area contributed by atoms with E-state index < -0.39 is 0 Å². The van der Waals surface area contributed by atoms with Gasteiger partial charge in [-0.2, -0.15) is 0 Å². The number of hydrogen-bond donors (Lipinski definition) is 0. The summed E-state index contributed by atoms with van der Waals surface area (Å²) in [6.07, 6.45) is 1.88. The van der Waals surface area contributed by atoms with Gasteiger partial charge in [0, 0.05) is 24.5 Å². The van der Waals surface area contributed by atoms with Crippen molar-refractivity contribution < 1.29 is 9.53 Å². The number of thioether (sulfide) groups is 1. The zero-order valence-electron chi connectivity index (χ0n) is 19.1. The summed E-state index contributed by atoms with van der Waals surface area (Å²) < 4.78 is 7.60. The largest absolute Gasteiger partial charge is 0.378 e. The van der Waals surface area contributed by atoms with Crippen molar-refractivity contribution in [1.82, 2.24) is 19.7 Å². The number of thiophene rings is 1. The number of benzene rings is 1. The molecular weight excluding hydrogens is 454 g/mol. The lowest BCUT2D eigenvalue weighted by Crippen LogP contribution is -2.40. The topological polar surface area (TPSA) is 63.5 Å². The standard InChI is InChI=1S/C24H29N5O2S2/c1-3-20-19-9-15-32-21(19)8-10-28(20)22(30)16-33-24-26-25-23(27-11-13-31-14-12-27)29(24)18-6-4-17(2)5-7-18/h4-7,9,15,20H,3,8,10-14,16H2,1-2H3. The lowest BCUT2D eigenvalue weighted by molar-refractivity contribution is -0.131. The summed E-state index contributed by atoms with van der Waals surface area (Å²) in [6.45, 7) is 7.95. The molecule has 1 aromatic carbocycles. The number of anilines is 1. The van der Waals surface area contributed by atoms with Crippen molar-refractivity contribution in [1.29, 1.82) is 0 Å². The van der Waals surface area contributed by atoms with Gasteiger partial charge in [0.1, 0.15) is 0 Å². The van der Waals surface area contributed by atoms with Crippen molar-refractivity contribution in [2.75, 3.05) is 43.5 Å². The van der Waals surface area contributed by atoms with Gasteiger partial charge in [0.2, 0.25) is 11.9 Å². The second kappa shape index (κ2) is 9.87. The highest BCUT2D eigenvalue weighted by atomic mass is 32.2. The number of carbonyl (C=O) groups is 1. The lowest BCUT2D eigenvalue weighted by atomic mass is 9.98. The number of morpholine rings is 1. The first-order valence-corrected chi connectivity index (χ1v) is 13.4. The number of fused-ring (bicyclic) bond motifs is 1. The number of amides is 1. The van der Waals surface area contributed by atoms with Gasteiger partial charge in [-0.3, -0.25) is 9.36 Å². The van der Waals surface area contributed by atoms with Crippen molar-refractivity contribution in [3.63, 3.8) is 0 Å². The van der Waals surface area contributed by atoms with Crippen LogP contribution in [0, 0.1) is 6.92 Å². The van der Waals surface area contributed by atoms with Gasteiger partial charge in [-0.15, -0.1) is 21.5 Å². The zero-order chi connectivity index (χ0) is 22.8. The molecule has 0 spiro atoms. The molecule has 1 saturated heterocycles. The maximum Gasteiger partial charge on any atom is 0.233 e. The van der Waals surface area contributed by atoms with Crippen molar-refractivity contribution >= 4 is 35.0 Å². The van der Waals surface area contributed by atoms with Gasteiger partial charge in [0.05, 0.1) is 30.7 Å². The van der Waals surface area contributed by atoms with Crippen LogP contribution in [0.3, 0.4) is 0 Å². The quantitative estimate of drug-likeness (QED) is 0.492. The van der Waals surface area contributed by atoms with Crippen LogP contribution in [0.25, 0.3) is 5.69 Å². The van der Waals surface area contributed by atoms with Crippen molar-refractivity contribution in [2.45, 2.75) is 37.9 Å². The zero-order valence-corrected chi connectivity index (χ0v) is 20.7. The molecule has 1 amide bonds. The SMILES string of the molecule is CCC1c2ccsc2CCN1C(=O)CSc1nnc(N2CCOCC2)n1-c1ccc(C)cc1. The molecule has 5 rings (SSSR count). The van der Waals surface area contributed by atoms with E-state index >= 15 is 0 Å². The second-order valence-corrected chi connectivity index (χ2v) is 10.3. The molecular formula is C24H29N5O2S2. The van der Waals surface area contributed by atoms with E-state index in [1.165, 1.54) is 27.8 Å². The van der Waals surface area contributed by atoms with Gasteiger partial charge < -0.3 is 14.5 Å². The van der Waals surface area contributed by atoms with E-state index in [2.05, 4.69) is 74.1 Å². The van der Waals surface area contributed by atoms with Crippen LogP contribution >= 0.6 is 23.1 Å². The number of aromatic nitrogens is 3. The Balaban J connectivity index is 1.37. The average Bonchev–Trinajstić information content (AvgIpc) is 3.50. The fraction of sp³-hybridized carbons (Fsp3) is 0.458. The van der Waals surface area contributed by atoms with Crippen molar-refractivity contribution in [3.05, 3.63) is 51.7 Å². The minimum Gasteiger partial charge on any atom is -0.378 e. The molecule has 7 nitrogen and oxygen atoms in total. The third-order valence-corrected chi connectivity index (χ3v) is 8.24. The van der Waals surface area contributed by atoms with Crippen LogP contribution in [0.5, 0.6) is 0 Å². The van der Waals surface area contributed by atoms with Gasteiger partial charge in [0.15, 0.2) is 5.16 Å². The summed E-state index contributed by atoms with van der Waals surface area (Å²) in [7, 11) is 0. The maximum atomic E-state index is 13.3. The molecule has 4 heterocycles. The highest BCUT2D eigenvalue weighted by molar-refractivity contribution is 7.99. The van der Waals surface area contributed by atoms with Crippen LogP contribution < -0.4 is 4.90 Å². The fourth-order valence-electron chi connectivity index (χ4n) is 4.59. The number of carbonyl (C=O) groups excluding carboxylic acids is 1. The Morgan fingerprint density at radius 1 is 1.15 bits per heavy atom. The average molecular weight is 484 g/mol. The third kappa shape index (κ3) is 4.54. The Morgan fingerprint density at radius 2 is 1.94 bits per heavy atom. The van der Waals surface area contributed by atoms with Crippen LogP contribution in [-0.2, 0) is 16.0 Å². The number of nitrogens with zero attached hydrogens (tertiary/aromatic N) is 5. The lowest BCUT2D eigenvalue weighted by Gasteiger charge is -2.35. The molecule has 0 radical (unpaired) electrons. The van der Waals surface area contributed by atoms with Gasteiger partial charge in [0.25, 0.3) is 0 Å². The van der Waals surface area contributed by atoms with Crippen molar-refractivity contribution in [3.8, 4) is 5.69 Å². The van der Waals surface area contributed by atoms with E-state index in [1.54, 1.807) is 11.3 Å². The highest BCUT2D eigenvalue weighted by Crippen LogP contribution is 2.36. The molecule has 0 bridgehead atoms. The molecule has 2 aliphatic rings. The molecule has 2 aliphatic heterocycles. The van der Waals surface area contributed by atoms with Crippen LogP contribution in [0.4, 0.5) is 5.95 Å². The molecule has 0 saturated carbocycles. The Kier molecular flexibility index (Phi) is 6.71. The molecule has 3 aromatic rings. The molecule has 174 valence electrons. The van der Waals surface area contributed by atoms with Crippen LogP contribution in [0.2, 0.25) is 0 Å². The van der Waals surface area contributed by atoms with Crippen molar-refractivity contribution in [2.24, 2.45) is 0 Å². The molecule has 1 atom stereocenters. The summed E-state index contributed by atoms with van der Waals surface area (Å²) >= 11 is 3.28. The Morgan fingerprint density at radius 3 is 2.70 bits per heavy atom. The van der Waals surface area contributed by atoms with Gasteiger partial charge in [-0.1, -0.05) is 36.4 Å². The molecule has 9 heteroatoms. The Hall–Kier alpha value is -2.36. The summed E-state index contributed by atoms with van der Waals surface area (Å²) in [5.41, 5.74) is 3.53. The third-order valence-electron chi connectivity index (χ3n) is 6.33. The minimum absolute atomic E-state index is 0.162. The van der Waals surface area contributed by atoms with E-state index in [4.69, 9.17) is 4.74 Å². The van der Waals surface area contributed by atoms with Gasteiger partial charge in [-0.25, -0.2) is 0 Å². The van der Waals surface area contributed by atoms with E-state index in [0.717, 1.165) is 49.3 Å². The smallest absolute Gasteiger partial charge is 0.233 e. The molecule has 2 aromatic heterocycles. The second-order valence-electron chi connectivity index (χ2n) is 8.40. The summed E-state index contributed by atoms with van der Waals surface area (Å²) in [5.74, 6) is 1.32. The predicted octanol–water partition coefficient (Wildman–Crippen LogP) is 4.10. The van der Waals surface area contributed by atoms with E-state index in [9.17, 15) is 4.79 Å². The molecule has 0 aliphatic carbocycles. The predicted molar refractivity (Wildman–Crippen MR) is 133 cm³/mol. The van der Waals surface area contributed by atoms with E-state index in [1.807, 2.05) is 0 Å². The summed E-state index contributed by atoms with van der Waals surface area (Å²) in [6, 6.07) is 10.7. The van der Waals surface area contributed by atoms with Crippen LogP contribution in [-0.4, -0.2) is 64.2 Å². The molecule has 1 fully saturated rings. The number of hydrogen-bond acceptors (Lipinski definition) is 7. The molecule has 1 unspecified atom stereocenters. The summed E-state index contributed by atoms with van der Waals surface area (Å²) in [4.78, 5) is 19.0. The number of ether oxygens (including phenoxy) is 1. The van der Waals surface area contributed by atoms with Gasteiger partial charge in [-0.05, 0) is 48.9 Å². The monoisotopic (exact) mass is 483 g/mol. The fourth-order valence-corrected chi connectivity index (χ4v) is 6.35. The Bertz CT molecular complexity index is 1100. The first-order valence-electron chi connectivity index (χ1n) is 11.5. The van der Waals surface area contributed by atoms with E-state index in [-0.39, 0.29) is 11.9 Å². The Labute approximate surface area is 202 Å². The first-order chi connectivity index (χ1) is 16.2. The van der Waals surface area contributed by atoms with E-state index in [0.29, 0.717) is 19.0 Å². The first kappa shape index (κ1) is 22.4. The van der Waals surface area contributed by atoms with Crippen LogP contribution in [0.15, 0.2) is 40.9 Å². The normalized spacial score (nSPS) is 18.4. The van der Waals surface area contributed by atoms with Gasteiger partial charge >= 0.3 is 0 Å². The number of aryl methyl sites for hydroxylation is 1. The molecule has 0 N–H and O–H groups in total. The highest BCUT2D eigenvalue weighted by Gasteiger charge is 2.31.